The van der Waals surface area contributed by atoms with E-state index in [2.05, 4.69) is 28.9 Å². The van der Waals surface area contributed by atoms with Crippen LogP contribution in [0.1, 0.15) is 17.2 Å². The summed E-state index contributed by atoms with van der Waals surface area (Å²) in [5.74, 6) is 0.667. The van der Waals surface area contributed by atoms with Crippen LogP contribution in [0.2, 0.25) is 0 Å². The van der Waals surface area contributed by atoms with Crippen LogP contribution in [0.3, 0.4) is 0 Å². The molecule has 1 N–H and O–H groups in total. The molecule has 1 fully saturated rings. The summed E-state index contributed by atoms with van der Waals surface area (Å²) in [6, 6.07) is 17.6. The quantitative estimate of drug-likeness (QED) is 0.525. The minimum absolute atomic E-state index is 0.0684. The van der Waals surface area contributed by atoms with E-state index in [1.165, 1.54) is 0 Å². The number of hydrogen-bond acceptors (Lipinski definition) is 4. The van der Waals surface area contributed by atoms with Gasteiger partial charge < -0.3 is 14.8 Å². The molecule has 5 nitrogen and oxygen atoms in total. The maximum atomic E-state index is 12.6. The lowest BCUT2D eigenvalue weighted by atomic mass is 10.1. The highest BCUT2D eigenvalue weighted by atomic mass is 16.5. The van der Waals surface area contributed by atoms with E-state index in [4.69, 9.17) is 9.47 Å². The molecule has 1 amide bonds. The second-order valence-corrected chi connectivity index (χ2v) is 6.89. The van der Waals surface area contributed by atoms with Crippen molar-refractivity contribution in [2.24, 2.45) is 0 Å². The number of morpholine rings is 1. The predicted octanol–water partition coefficient (Wildman–Crippen LogP) is 3.45. The van der Waals surface area contributed by atoms with Gasteiger partial charge in [0, 0.05) is 25.7 Å². The molecular weight excluding hydrogens is 364 g/mol. The van der Waals surface area contributed by atoms with Crippen molar-refractivity contribution in [3.8, 4) is 5.75 Å². The van der Waals surface area contributed by atoms with Crippen LogP contribution >= 0.6 is 0 Å². The van der Waals surface area contributed by atoms with Gasteiger partial charge in [0.1, 0.15) is 12.4 Å². The Labute approximate surface area is 172 Å². The van der Waals surface area contributed by atoms with Crippen LogP contribution < -0.4 is 10.1 Å². The number of rotatable bonds is 9. The van der Waals surface area contributed by atoms with Crippen molar-refractivity contribution in [3.63, 3.8) is 0 Å². The second-order valence-electron chi connectivity index (χ2n) is 6.89. The standard InChI is InChI=1S/C24H28N2O3/c1-2-16-29-22-11-8-20(9-12-22)10-13-24(27)25-23(21-6-4-3-5-7-21)19-26-14-17-28-18-15-26/h2-13,23H,1,14-19H2,(H,25,27)/b13-10+/t23-/m0/s1. The number of carbonyl (C=O) groups is 1. The van der Waals surface area contributed by atoms with E-state index in [1.54, 1.807) is 12.2 Å². The van der Waals surface area contributed by atoms with Crippen molar-refractivity contribution in [1.82, 2.24) is 10.2 Å². The first-order valence-corrected chi connectivity index (χ1v) is 9.92. The van der Waals surface area contributed by atoms with Crippen molar-refractivity contribution < 1.29 is 14.3 Å². The Hall–Kier alpha value is -2.89. The first kappa shape index (κ1) is 20.8. The van der Waals surface area contributed by atoms with Gasteiger partial charge in [0.25, 0.3) is 0 Å². The minimum Gasteiger partial charge on any atom is -0.490 e. The lowest BCUT2D eigenvalue weighted by Crippen LogP contribution is -2.42. The summed E-state index contributed by atoms with van der Waals surface area (Å²) in [4.78, 5) is 14.9. The normalized spacial score (nSPS) is 15.7. The number of hydrogen-bond donors (Lipinski definition) is 1. The van der Waals surface area contributed by atoms with Crippen LogP contribution in [0.5, 0.6) is 5.75 Å². The summed E-state index contributed by atoms with van der Waals surface area (Å²) in [6.45, 7) is 8.12. The fourth-order valence-corrected chi connectivity index (χ4v) is 3.18. The molecule has 0 aromatic heterocycles. The van der Waals surface area contributed by atoms with Gasteiger partial charge in [0.15, 0.2) is 0 Å². The van der Waals surface area contributed by atoms with Gasteiger partial charge in [-0.15, -0.1) is 0 Å². The van der Waals surface area contributed by atoms with Gasteiger partial charge in [-0.05, 0) is 29.3 Å². The third kappa shape index (κ3) is 6.89. The number of ether oxygens (including phenoxy) is 2. The van der Waals surface area contributed by atoms with E-state index in [9.17, 15) is 4.79 Å². The lowest BCUT2D eigenvalue weighted by Gasteiger charge is -2.31. The molecule has 0 radical (unpaired) electrons. The largest absolute Gasteiger partial charge is 0.490 e. The SMILES string of the molecule is C=CCOc1ccc(/C=C/C(=O)N[C@@H](CN2CCOCC2)c2ccccc2)cc1. The molecule has 2 aromatic carbocycles. The monoisotopic (exact) mass is 392 g/mol. The molecule has 0 saturated carbocycles. The fourth-order valence-electron chi connectivity index (χ4n) is 3.18. The highest BCUT2D eigenvalue weighted by Crippen LogP contribution is 2.16. The Morgan fingerprint density at radius 1 is 1.14 bits per heavy atom. The molecule has 1 aliphatic rings. The molecule has 5 heteroatoms. The highest BCUT2D eigenvalue weighted by molar-refractivity contribution is 5.92. The van der Waals surface area contributed by atoms with E-state index >= 15 is 0 Å². The molecule has 0 bridgehead atoms. The molecule has 1 heterocycles. The molecule has 1 atom stereocenters. The Morgan fingerprint density at radius 3 is 2.55 bits per heavy atom. The Balaban J connectivity index is 1.61. The summed E-state index contributed by atoms with van der Waals surface area (Å²) >= 11 is 0. The van der Waals surface area contributed by atoms with Gasteiger partial charge in [0.05, 0.1) is 19.3 Å². The average Bonchev–Trinajstić information content (AvgIpc) is 2.78. The molecule has 1 saturated heterocycles. The molecule has 0 unspecified atom stereocenters. The Kier molecular flexibility index (Phi) is 8.04. The first-order chi connectivity index (χ1) is 14.2. The van der Waals surface area contributed by atoms with E-state index in [0.717, 1.165) is 49.7 Å². The van der Waals surface area contributed by atoms with Crippen molar-refractivity contribution >= 4 is 12.0 Å². The maximum Gasteiger partial charge on any atom is 0.244 e. The predicted molar refractivity (Wildman–Crippen MR) is 116 cm³/mol. The number of benzene rings is 2. The van der Waals surface area contributed by atoms with Crippen LogP contribution in [0, 0.1) is 0 Å². The topological polar surface area (TPSA) is 50.8 Å². The van der Waals surface area contributed by atoms with Gasteiger partial charge in [-0.2, -0.15) is 0 Å². The Bertz CT molecular complexity index is 797. The zero-order valence-electron chi connectivity index (χ0n) is 16.6. The Morgan fingerprint density at radius 2 is 1.86 bits per heavy atom. The van der Waals surface area contributed by atoms with E-state index < -0.39 is 0 Å². The molecule has 3 rings (SSSR count). The summed E-state index contributed by atoms with van der Waals surface area (Å²) < 4.78 is 10.9. The van der Waals surface area contributed by atoms with Gasteiger partial charge in [-0.3, -0.25) is 9.69 Å². The van der Waals surface area contributed by atoms with E-state index in [-0.39, 0.29) is 11.9 Å². The van der Waals surface area contributed by atoms with Gasteiger partial charge in [-0.25, -0.2) is 0 Å². The molecule has 2 aromatic rings. The van der Waals surface area contributed by atoms with Crippen molar-refractivity contribution in [2.45, 2.75) is 6.04 Å². The zero-order valence-corrected chi connectivity index (χ0v) is 16.6. The number of nitrogens with zero attached hydrogens (tertiary/aromatic N) is 1. The van der Waals surface area contributed by atoms with Crippen LogP contribution in [-0.2, 0) is 9.53 Å². The maximum absolute atomic E-state index is 12.6. The second kappa shape index (κ2) is 11.2. The summed E-state index contributed by atoms with van der Waals surface area (Å²) in [5.41, 5.74) is 2.04. The fraction of sp³-hybridized carbons (Fsp3) is 0.292. The molecule has 1 aliphatic heterocycles. The van der Waals surface area contributed by atoms with Gasteiger partial charge >= 0.3 is 0 Å². The average molecular weight is 392 g/mol. The van der Waals surface area contributed by atoms with Crippen molar-refractivity contribution in [2.75, 3.05) is 39.5 Å². The highest BCUT2D eigenvalue weighted by Gasteiger charge is 2.19. The number of nitrogens with one attached hydrogen (secondary N) is 1. The summed E-state index contributed by atoms with van der Waals surface area (Å²) in [5, 5.41) is 3.15. The summed E-state index contributed by atoms with van der Waals surface area (Å²) in [6.07, 6.45) is 5.09. The molecule has 0 spiro atoms. The molecule has 29 heavy (non-hydrogen) atoms. The molecule has 152 valence electrons. The van der Waals surface area contributed by atoms with Crippen molar-refractivity contribution in [3.05, 3.63) is 84.5 Å². The molecule has 0 aliphatic carbocycles. The third-order valence-corrected chi connectivity index (χ3v) is 4.74. The van der Waals surface area contributed by atoms with Crippen LogP contribution in [0.15, 0.2) is 73.3 Å². The number of carbonyl (C=O) groups excluding carboxylic acids is 1. The van der Waals surface area contributed by atoms with Crippen LogP contribution in [0.4, 0.5) is 0 Å². The van der Waals surface area contributed by atoms with E-state index in [1.807, 2.05) is 48.5 Å². The van der Waals surface area contributed by atoms with Gasteiger partial charge in [-0.1, -0.05) is 55.1 Å². The zero-order chi connectivity index (χ0) is 20.3. The summed E-state index contributed by atoms with van der Waals surface area (Å²) in [7, 11) is 0. The van der Waals surface area contributed by atoms with E-state index in [0.29, 0.717) is 6.61 Å². The smallest absolute Gasteiger partial charge is 0.244 e. The molecular formula is C24H28N2O3. The van der Waals surface area contributed by atoms with Crippen LogP contribution in [0.25, 0.3) is 6.08 Å². The van der Waals surface area contributed by atoms with Crippen molar-refractivity contribution in [1.29, 1.82) is 0 Å². The minimum atomic E-state index is -0.112. The van der Waals surface area contributed by atoms with Gasteiger partial charge in [0.2, 0.25) is 5.91 Å². The number of amides is 1. The third-order valence-electron chi connectivity index (χ3n) is 4.74. The lowest BCUT2D eigenvalue weighted by molar-refractivity contribution is -0.117. The first-order valence-electron chi connectivity index (χ1n) is 9.92. The van der Waals surface area contributed by atoms with Crippen LogP contribution in [-0.4, -0.2) is 50.3 Å².